The van der Waals surface area contributed by atoms with E-state index in [1.54, 1.807) is 7.11 Å². The highest BCUT2D eigenvalue weighted by atomic mass is 16.5. The summed E-state index contributed by atoms with van der Waals surface area (Å²) in [6.45, 7) is 4.78. The molecule has 1 aromatic rings. The second kappa shape index (κ2) is 5.96. The number of nitrogens with two attached hydrogens (primary N) is 1. The summed E-state index contributed by atoms with van der Waals surface area (Å²) < 4.78 is 10.9. The SMILES string of the molecule is CCOC1CCCN(c2ccc(OC)cc2N)C1. The standard InChI is InChI=1S/C14H22N2O2/c1-3-18-12-5-4-8-16(10-12)14-7-6-11(17-2)9-13(14)15/h6-7,9,12H,3-5,8,10,15H2,1-2H3. The van der Waals surface area contributed by atoms with Crippen LogP contribution in [0, 0.1) is 0 Å². The molecule has 0 saturated carbocycles. The van der Waals surface area contributed by atoms with E-state index in [0.29, 0.717) is 6.10 Å². The van der Waals surface area contributed by atoms with Crippen LogP contribution in [0.25, 0.3) is 0 Å². The van der Waals surface area contributed by atoms with Crippen molar-refractivity contribution in [3.63, 3.8) is 0 Å². The van der Waals surface area contributed by atoms with Crippen molar-refractivity contribution in [2.75, 3.05) is 37.4 Å². The molecule has 100 valence electrons. The van der Waals surface area contributed by atoms with Crippen molar-refractivity contribution in [1.82, 2.24) is 0 Å². The van der Waals surface area contributed by atoms with Gasteiger partial charge in [-0.05, 0) is 31.9 Å². The van der Waals surface area contributed by atoms with Gasteiger partial charge in [0.25, 0.3) is 0 Å². The molecule has 4 nitrogen and oxygen atoms in total. The Morgan fingerprint density at radius 2 is 2.28 bits per heavy atom. The van der Waals surface area contributed by atoms with Crippen LogP contribution in [-0.2, 0) is 4.74 Å². The molecule has 0 bridgehead atoms. The van der Waals surface area contributed by atoms with Crippen molar-refractivity contribution < 1.29 is 9.47 Å². The van der Waals surface area contributed by atoms with E-state index in [2.05, 4.69) is 4.90 Å². The Balaban J connectivity index is 2.10. The second-order valence-electron chi connectivity index (χ2n) is 4.59. The maximum Gasteiger partial charge on any atom is 0.121 e. The Labute approximate surface area is 109 Å². The zero-order valence-corrected chi connectivity index (χ0v) is 11.2. The number of ether oxygens (including phenoxy) is 2. The summed E-state index contributed by atoms with van der Waals surface area (Å²) in [5, 5.41) is 0. The molecule has 0 aliphatic carbocycles. The average molecular weight is 250 g/mol. The van der Waals surface area contributed by atoms with Crippen LogP contribution in [-0.4, -0.2) is 32.9 Å². The largest absolute Gasteiger partial charge is 0.497 e. The number of rotatable bonds is 4. The van der Waals surface area contributed by atoms with E-state index in [4.69, 9.17) is 15.2 Å². The van der Waals surface area contributed by atoms with E-state index in [9.17, 15) is 0 Å². The quantitative estimate of drug-likeness (QED) is 0.833. The van der Waals surface area contributed by atoms with Crippen molar-refractivity contribution in [2.45, 2.75) is 25.9 Å². The number of benzene rings is 1. The Hall–Kier alpha value is -1.42. The molecule has 1 heterocycles. The molecule has 0 aromatic heterocycles. The van der Waals surface area contributed by atoms with E-state index in [1.165, 1.54) is 0 Å². The highest BCUT2D eigenvalue weighted by Gasteiger charge is 2.21. The molecule has 1 aromatic carbocycles. The lowest BCUT2D eigenvalue weighted by atomic mass is 10.1. The Kier molecular flexibility index (Phi) is 4.31. The van der Waals surface area contributed by atoms with Crippen LogP contribution < -0.4 is 15.4 Å². The lowest BCUT2D eigenvalue weighted by Gasteiger charge is -2.34. The lowest BCUT2D eigenvalue weighted by molar-refractivity contribution is 0.0527. The minimum atomic E-state index is 0.324. The van der Waals surface area contributed by atoms with E-state index in [0.717, 1.165) is 49.7 Å². The predicted molar refractivity (Wildman–Crippen MR) is 74.3 cm³/mol. The topological polar surface area (TPSA) is 47.7 Å². The number of piperidine rings is 1. The first-order valence-corrected chi connectivity index (χ1v) is 6.54. The molecule has 0 amide bonds. The zero-order valence-electron chi connectivity index (χ0n) is 11.2. The minimum Gasteiger partial charge on any atom is -0.497 e. The second-order valence-corrected chi connectivity index (χ2v) is 4.59. The van der Waals surface area contributed by atoms with E-state index >= 15 is 0 Å². The molecular weight excluding hydrogens is 228 g/mol. The number of nitrogen functional groups attached to an aromatic ring is 1. The molecule has 0 radical (unpaired) electrons. The Morgan fingerprint density at radius 3 is 2.94 bits per heavy atom. The van der Waals surface area contributed by atoms with Gasteiger partial charge in [-0.3, -0.25) is 0 Å². The predicted octanol–water partition coefficient (Wildman–Crippen LogP) is 2.28. The van der Waals surface area contributed by atoms with Gasteiger partial charge in [-0.15, -0.1) is 0 Å². The number of anilines is 2. The third-order valence-corrected chi connectivity index (χ3v) is 3.36. The Morgan fingerprint density at radius 1 is 1.44 bits per heavy atom. The van der Waals surface area contributed by atoms with Gasteiger partial charge in [0.1, 0.15) is 5.75 Å². The van der Waals surface area contributed by atoms with Gasteiger partial charge >= 0.3 is 0 Å². The number of hydrogen-bond acceptors (Lipinski definition) is 4. The van der Waals surface area contributed by atoms with Crippen molar-refractivity contribution in [2.24, 2.45) is 0 Å². The summed E-state index contributed by atoms with van der Waals surface area (Å²) in [6.07, 6.45) is 2.61. The summed E-state index contributed by atoms with van der Waals surface area (Å²) in [5.41, 5.74) is 7.94. The molecule has 18 heavy (non-hydrogen) atoms. The fraction of sp³-hybridized carbons (Fsp3) is 0.571. The number of hydrogen-bond donors (Lipinski definition) is 1. The molecule has 1 saturated heterocycles. The van der Waals surface area contributed by atoms with Gasteiger partial charge in [0.05, 0.1) is 24.6 Å². The smallest absolute Gasteiger partial charge is 0.121 e. The maximum absolute atomic E-state index is 6.08. The van der Waals surface area contributed by atoms with Crippen molar-refractivity contribution >= 4 is 11.4 Å². The maximum atomic E-state index is 6.08. The summed E-state index contributed by atoms with van der Waals surface area (Å²) in [7, 11) is 1.65. The molecule has 4 heteroatoms. The van der Waals surface area contributed by atoms with Crippen LogP contribution in [0.5, 0.6) is 5.75 Å². The molecule has 1 atom stereocenters. The van der Waals surface area contributed by atoms with Crippen LogP contribution >= 0.6 is 0 Å². The van der Waals surface area contributed by atoms with Crippen LogP contribution in [0.3, 0.4) is 0 Å². The van der Waals surface area contributed by atoms with Gasteiger partial charge in [0.2, 0.25) is 0 Å². The monoisotopic (exact) mass is 250 g/mol. The van der Waals surface area contributed by atoms with Crippen molar-refractivity contribution in [3.8, 4) is 5.75 Å². The molecule has 1 unspecified atom stereocenters. The van der Waals surface area contributed by atoms with Gasteiger partial charge in [-0.1, -0.05) is 0 Å². The normalized spacial score (nSPS) is 19.9. The van der Waals surface area contributed by atoms with Crippen molar-refractivity contribution in [3.05, 3.63) is 18.2 Å². The zero-order chi connectivity index (χ0) is 13.0. The van der Waals surface area contributed by atoms with E-state index < -0.39 is 0 Å². The number of nitrogens with zero attached hydrogens (tertiary/aromatic N) is 1. The molecule has 2 N–H and O–H groups in total. The first-order valence-electron chi connectivity index (χ1n) is 6.54. The minimum absolute atomic E-state index is 0.324. The van der Waals surface area contributed by atoms with E-state index in [-0.39, 0.29) is 0 Å². The van der Waals surface area contributed by atoms with Crippen molar-refractivity contribution in [1.29, 1.82) is 0 Å². The van der Waals surface area contributed by atoms with Crippen LogP contribution in [0.4, 0.5) is 11.4 Å². The molecule has 2 rings (SSSR count). The molecule has 1 aliphatic heterocycles. The molecule has 0 spiro atoms. The van der Waals surface area contributed by atoms with Crippen LogP contribution in [0.15, 0.2) is 18.2 Å². The first-order chi connectivity index (χ1) is 8.74. The first kappa shape index (κ1) is 13.0. The van der Waals surface area contributed by atoms with Gasteiger partial charge in [-0.25, -0.2) is 0 Å². The third-order valence-electron chi connectivity index (χ3n) is 3.36. The average Bonchev–Trinajstić information content (AvgIpc) is 2.39. The van der Waals surface area contributed by atoms with Gasteiger partial charge < -0.3 is 20.1 Å². The fourth-order valence-electron chi connectivity index (χ4n) is 2.48. The summed E-state index contributed by atoms with van der Waals surface area (Å²) in [4.78, 5) is 2.30. The Bertz CT molecular complexity index is 393. The van der Waals surface area contributed by atoms with Crippen LogP contribution in [0.1, 0.15) is 19.8 Å². The van der Waals surface area contributed by atoms with Gasteiger partial charge in [0.15, 0.2) is 0 Å². The molecule has 1 fully saturated rings. The third kappa shape index (κ3) is 2.88. The van der Waals surface area contributed by atoms with Gasteiger partial charge in [-0.2, -0.15) is 0 Å². The number of methoxy groups -OCH3 is 1. The fourth-order valence-corrected chi connectivity index (χ4v) is 2.48. The summed E-state index contributed by atoms with van der Waals surface area (Å²) in [6, 6.07) is 5.86. The highest BCUT2D eigenvalue weighted by molar-refractivity contribution is 5.69. The molecular formula is C14H22N2O2. The van der Waals surface area contributed by atoms with Gasteiger partial charge in [0, 0.05) is 25.8 Å². The lowest BCUT2D eigenvalue weighted by Crippen LogP contribution is -2.40. The highest BCUT2D eigenvalue weighted by Crippen LogP contribution is 2.30. The summed E-state index contributed by atoms with van der Waals surface area (Å²) in [5.74, 6) is 0.801. The molecule has 1 aliphatic rings. The van der Waals surface area contributed by atoms with Crippen LogP contribution in [0.2, 0.25) is 0 Å². The van der Waals surface area contributed by atoms with E-state index in [1.807, 2.05) is 25.1 Å². The summed E-state index contributed by atoms with van der Waals surface area (Å²) >= 11 is 0.